The number of hydrogen-bond acceptors (Lipinski definition) is 6. The van der Waals surface area contributed by atoms with Crippen LogP contribution in [0.15, 0.2) is 79.1 Å². The van der Waals surface area contributed by atoms with Crippen LogP contribution in [0, 0.1) is 0 Å². The van der Waals surface area contributed by atoms with Crippen molar-refractivity contribution in [1.82, 2.24) is 20.1 Å². The van der Waals surface area contributed by atoms with Crippen LogP contribution in [-0.2, 0) is 22.4 Å². The summed E-state index contributed by atoms with van der Waals surface area (Å²) in [5.41, 5.74) is 8.82. The molecule has 0 radical (unpaired) electrons. The third kappa shape index (κ3) is 4.58. The van der Waals surface area contributed by atoms with Crippen LogP contribution in [0.1, 0.15) is 21.5 Å². The number of nitrogens with two attached hydrogens (primary N) is 1. The molecule has 0 saturated carbocycles. The van der Waals surface area contributed by atoms with Gasteiger partial charge in [0.25, 0.3) is 11.8 Å². The molecule has 3 N–H and O–H groups in total. The van der Waals surface area contributed by atoms with Crippen molar-refractivity contribution in [2.45, 2.75) is 18.9 Å². The Balaban J connectivity index is 1.47. The van der Waals surface area contributed by atoms with Gasteiger partial charge in [-0.05, 0) is 29.8 Å². The van der Waals surface area contributed by atoms with Gasteiger partial charge in [-0.25, -0.2) is 9.67 Å². The second-order valence-electron chi connectivity index (χ2n) is 8.36. The summed E-state index contributed by atoms with van der Waals surface area (Å²) in [5, 5.41) is 7.40. The first-order valence-corrected chi connectivity index (χ1v) is 11.5. The highest BCUT2D eigenvalue weighted by Crippen LogP contribution is 2.34. The third-order valence-electron chi connectivity index (χ3n) is 5.96. The molecular formula is C27H23N5O4. The molecule has 9 heteroatoms. The zero-order valence-corrected chi connectivity index (χ0v) is 19.3. The smallest absolute Gasteiger partial charge is 0.287 e. The lowest BCUT2D eigenvalue weighted by atomic mass is 10.0. The SMILES string of the molecule is NC(=O)C(=O)C(Cc1ccccc1)NC(=O)c1cccnc1-n1cc2c(n1)-c1ccccc1OCC2. The third-order valence-corrected chi connectivity index (χ3v) is 5.96. The first-order valence-electron chi connectivity index (χ1n) is 11.5. The van der Waals surface area contributed by atoms with E-state index in [1.165, 1.54) is 0 Å². The molecule has 1 aliphatic rings. The summed E-state index contributed by atoms with van der Waals surface area (Å²) in [5.74, 6) is -1.51. The van der Waals surface area contributed by atoms with Crippen molar-refractivity contribution < 1.29 is 19.1 Å². The van der Waals surface area contributed by atoms with Crippen LogP contribution in [0.3, 0.4) is 0 Å². The standard InChI is InChI=1S/C27H23N5O4/c28-25(34)24(33)21(15-17-7-2-1-3-8-17)30-27(35)20-10-6-13-29-26(20)32-16-18-12-14-36-22-11-5-4-9-19(22)23(18)31-32/h1-11,13,16,21H,12,14-15H2,(H2,28,34)(H,30,35). The number of ketones is 1. The second-order valence-corrected chi connectivity index (χ2v) is 8.36. The van der Waals surface area contributed by atoms with Gasteiger partial charge in [-0.15, -0.1) is 0 Å². The van der Waals surface area contributed by atoms with E-state index in [2.05, 4.69) is 10.3 Å². The lowest BCUT2D eigenvalue weighted by Gasteiger charge is -2.17. The number of rotatable bonds is 7. The molecule has 2 aromatic heterocycles. The Kier molecular flexibility index (Phi) is 6.27. The fraction of sp³-hybridized carbons (Fsp3) is 0.148. The number of primary amides is 1. The molecule has 0 bridgehead atoms. The molecule has 1 unspecified atom stereocenters. The van der Waals surface area contributed by atoms with Gasteiger partial charge in [0.2, 0.25) is 5.78 Å². The first kappa shape index (κ1) is 23.0. The fourth-order valence-corrected chi connectivity index (χ4v) is 4.21. The Morgan fingerprint density at radius 1 is 1.03 bits per heavy atom. The van der Waals surface area contributed by atoms with Crippen molar-refractivity contribution in [3.8, 4) is 22.8 Å². The van der Waals surface area contributed by atoms with Crippen LogP contribution in [0.4, 0.5) is 0 Å². The van der Waals surface area contributed by atoms with Gasteiger partial charge in [0, 0.05) is 36.4 Å². The molecule has 180 valence electrons. The topological polar surface area (TPSA) is 129 Å². The molecule has 2 amide bonds. The van der Waals surface area contributed by atoms with Crippen molar-refractivity contribution in [3.05, 3.63) is 95.8 Å². The Morgan fingerprint density at radius 3 is 2.61 bits per heavy atom. The lowest BCUT2D eigenvalue weighted by molar-refractivity contribution is -0.137. The zero-order chi connectivity index (χ0) is 25.1. The summed E-state index contributed by atoms with van der Waals surface area (Å²) in [6.07, 6.45) is 4.16. The van der Waals surface area contributed by atoms with Gasteiger partial charge in [0.1, 0.15) is 11.8 Å². The molecule has 36 heavy (non-hydrogen) atoms. The minimum atomic E-state index is -1.12. The number of amides is 2. The van der Waals surface area contributed by atoms with E-state index in [4.69, 9.17) is 15.6 Å². The minimum Gasteiger partial charge on any atom is -0.493 e. The van der Waals surface area contributed by atoms with Crippen LogP contribution >= 0.6 is 0 Å². The van der Waals surface area contributed by atoms with E-state index in [0.29, 0.717) is 18.8 Å². The van der Waals surface area contributed by atoms with Gasteiger partial charge in [-0.1, -0.05) is 42.5 Å². The maximum atomic E-state index is 13.3. The molecule has 0 fully saturated rings. The molecule has 0 aliphatic carbocycles. The van der Waals surface area contributed by atoms with Crippen LogP contribution in [0.2, 0.25) is 0 Å². The molecule has 0 spiro atoms. The summed E-state index contributed by atoms with van der Waals surface area (Å²) >= 11 is 0. The molecule has 4 aromatic rings. The second kappa shape index (κ2) is 9.83. The van der Waals surface area contributed by atoms with Crippen molar-refractivity contribution >= 4 is 17.6 Å². The van der Waals surface area contributed by atoms with Crippen LogP contribution in [-0.4, -0.2) is 45.0 Å². The summed E-state index contributed by atoms with van der Waals surface area (Å²) in [6.45, 7) is 0.502. The number of para-hydroxylation sites is 1. The number of ether oxygens (including phenoxy) is 1. The number of carbonyl (C=O) groups excluding carboxylic acids is 3. The monoisotopic (exact) mass is 481 g/mol. The van der Waals surface area contributed by atoms with Gasteiger partial charge < -0.3 is 15.8 Å². The Morgan fingerprint density at radius 2 is 1.81 bits per heavy atom. The highest BCUT2D eigenvalue weighted by molar-refractivity contribution is 6.38. The van der Waals surface area contributed by atoms with E-state index in [-0.39, 0.29) is 12.0 Å². The van der Waals surface area contributed by atoms with Crippen molar-refractivity contribution in [1.29, 1.82) is 0 Å². The molecular weight excluding hydrogens is 458 g/mol. The van der Waals surface area contributed by atoms with E-state index in [1.807, 2.05) is 48.7 Å². The quantitative estimate of drug-likeness (QED) is 0.390. The van der Waals surface area contributed by atoms with E-state index in [0.717, 1.165) is 28.1 Å². The van der Waals surface area contributed by atoms with Crippen molar-refractivity contribution in [3.63, 3.8) is 0 Å². The number of Topliss-reactive ketones (excluding diaryl/α,β-unsaturated/α-hetero) is 1. The lowest BCUT2D eigenvalue weighted by Crippen LogP contribution is -2.47. The van der Waals surface area contributed by atoms with Gasteiger partial charge in [0.15, 0.2) is 5.82 Å². The minimum absolute atomic E-state index is 0.122. The number of pyridine rings is 1. The fourth-order valence-electron chi connectivity index (χ4n) is 4.21. The molecule has 0 saturated heterocycles. The van der Waals surface area contributed by atoms with E-state index >= 15 is 0 Å². The number of nitrogens with zero attached hydrogens (tertiary/aromatic N) is 3. The molecule has 9 nitrogen and oxygen atoms in total. The van der Waals surface area contributed by atoms with Crippen LogP contribution in [0.5, 0.6) is 5.75 Å². The average Bonchev–Trinajstić information content (AvgIpc) is 3.24. The van der Waals surface area contributed by atoms with E-state index in [1.54, 1.807) is 35.1 Å². The summed E-state index contributed by atoms with van der Waals surface area (Å²) < 4.78 is 7.39. The highest BCUT2D eigenvalue weighted by Gasteiger charge is 2.28. The summed E-state index contributed by atoms with van der Waals surface area (Å²) in [6, 6.07) is 18.8. The zero-order valence-electron chi connectivity index (χ0n) is 19.3. The van der Waals surface area contributed by atoms with Gasteiger partial charge in [-0.3, -0.25) is 14.4 Å². The summed E-state index contributed by atoms with van der Waals surface area (Å²) in [7, 11) is 0. The number of carbonyl (C=O) groups is 3. The number of hydrogen-bond donors (Lipinski definition) is 2. The first-order chi connectivity index (χ1) is 17.5. The molecule has 1 aliphatic heterocycles. The predicted molar refractivity (Wildman–Crippen MR) is 132 cm³/mol. The largest absolute Gasteiger partial charge is 0.493 e. The molecule has 1 atom stereocenters. The Hall–Kier alpha value is -4.79. The number of aromatic nitrogens is 3. The van der Waals surface area contributed by atoms with Crippen molar-refractivity contribution in [2.75, 3.05) is 6.61 Å². The van der Waals surface area contributed by atoms with E-state index < -0.39 is 23.6 Å². The van der Waals surface area contributed by atoms with Gasteiger partial charge >= 0.3 is 0 Å². The van der Waals surface area contributed by atoms with E-state index in [9.17, 15) is 14.4 Å². The maximum Gasteiger partial charge on any atom is 0.287 e. The number of benzene rings is 2. The highest BCUT2D eigenvalue weighted by atomic mass is 16.5. The van der Waals surface area contributed by atoms with Crippen LogP contribution < -0.4 is 15.8 Å². The molecule has 2 aromatic carbocycles. The number of fused-ring (bicyclic) bond motifs is 3. The number of nitrogens with one attached hydrogen (secondary N) is 1. The van der Waals surface area contributed by atoms with Gasteiger partial charge in [-0.2, -0.15) is 5.10 Å². The van der Waals surface area contributed by atoms with Crippen molar-refractivity contribution in [2.24, 2.45) is 5.73 Å². The molecule has 3 heterocycles. The Bertz CT molecular complexity index is 1450. The predicted octanol–water partition coefficient (Wildman–Crippen LogP) is 2.26. The Labute approximate surface area is 206 Å². The van der Waals surface area contributed by atoms with Crippen LogP contribution in [0.25, 0.3) is 17.1 Å². The van der Waals surface area contributed by atoms with Gasteiger partial charge in [0.05, 0.1) is 17.9 Å². The average molecular weight is 482 g/mol. The normalized spacial score (nSPS) is 12.9. The molecule has 5 rings (SSSR count). The maximum absolute atomic E-state index is 13.3. The summed E-state index contributed by atoms with van der Waals surface area (Å²) in [4.78, 5) is 41.9.